The van der Waals surface area contributed by atoms with Crippen molar-refractivity contribution in [2.75, 3.05) is 19.5 Å². The summed E-state index contributed by atoms with van der Waals surface area (Å²) in [4.78, 5) is 21.5. The summed E-state index contributed by atoms with van der Waals surface area (Å²) >= 11 is 7.28. The third-order valence-corrected chi connectivity index (χ3v) is 6.37. The van der Waals surface area contributed by atoms with E-state index in [1.165, 1.54) is 30.8 Å². The van der Waals surface area contributed by atoms with E-state index in [1.54, 1.807) is 19.2 Å². The molecule has 1 aliphatic carbocycles. The second-order valence-corrected chi connectivity index (χ2v) is 9.00. The lowest BCUT2D eigenvalue weighted by atomic mass is 9.95. The Morgan fingerprint density at radius 3 is 2.73 bits per heavy atom. The van der Waals surface area contributed by atoms with Crippen molar-refractivity contribution in [1.82, 2.24) is 20.2 Å². The van der Waals surface area contributed by atoms with Crippen LogP contribution in [0.4, 0.5) is 5.13 Å². The first-order valence-electron chi connectivity index (χ1n) is 10.5. The molecule has 1 aliphatic rings. The van der Waals surface area contributed by atoms with Crippen molar-refractivity contribution in [3.05, 3.63) is 40.9 Å². The fourth-order valence-electron chi connectivity index (χ4n) is 3.79. The maximum absolute atomic E-state index is 13.1. The molecule has 33 heavy (non-hydrogen) atoms. The third-order valence-electron chi connectivity index (χ3n) is 5.44. The number of amides is 1. The topological polar surface area (TPSA) is 108 Å². The number of rotatable bonds is 7. The van der Waals surface area contributed by atoms with Crippen LogP contribution in [0.2, 0.25) is 5.15 Å². The second-order valence-electron chi connectivity index (χ2n) is 7.67. The Hall–Kier alpha value is -2.82. The van der Waals surface area contributed by atoms with Gasteiger partial charge in [-0.2, -0.15) is 0 Å². The van der Waals surface area contributed by atoms with Crippen LogP contribution < -0.4 is 14.8 Å². The van der Waals surface area contributed by atoms with Crippen LogP contribution in [0.25, 0.3) is 11.1 Å². The molecule has 3 aromatic rings. The van der Waals surface area contributed by atoms with Gasteiger partial charge in [-0.1, -0.05) is 16.7 Å². The van der Waals surface area contributed by atoms with Gasteiger partial charge in [0.25, 0.3) is 11.1 Å². The first-order valence-corrected chi connectivity index (χ1v) is 11.7. The number of carbonyl (C=O) groups is 1. The molecular formula is C22H24ClN5O4S. The number of carbonyl (C=O) groups excluding carboxylic acids is 1. The van der Waals surface area contributed by atoms with Gasteiger partial charge in [-0.3, -0.25) is 15.1 Å². The fourth-order valence-corrected chi connectivity index (χ4v) is 4.61. The predicted octanol–water partition coefficient (Wildman–Crippen LogP) is 4.55. The molecule has 11 heteroatoms. The number of nitrogens with one attached hydrogen (secondary N) is 1. The molecule has 3 aromatic heterocycles. The number of aryl methyl sites for hydroxylation is 1. The molecule has 3 heterocycles. The Morgan fingerprint density at radius 2 is 1.94 bits per heavy atom. The molecule has 0 radical (unpaired) electrons. The lowest BCUT2D eigenvalue weighted by Gasteiger charge is -2.27. The first kappa shape index (κ1) is 23.3. The second kappa shape index (κ2) is 10.4. The highest BCUT2D eigenvalue weighted by Crippen LogP contribution is 2.34. The standard InChI is InChI=1S/C22H24ClN5O4S/c1-12-7-15(16-9-19(23)25-11-18(16)31-3)17(10-24-12)20(29)26-21-27-28-22(33-21)32-14-6-4-5-13(8-14)30-2/h7,9-11,13-14H,4-6,8H2,1-3H3,(H,26,27,29)/t13-,14+/m0/s1. The van der Waals surface area contributed by atoms with Crippen LogP contribution in [0.15, 0.2) is 24.5 Å². The Labute approximate surface area is 200 Å². The van der Waals surface area contributed by atoms with Gasteiger partial charge in [0.05, 0.1) is 25.0 Å². The molecule has 1 saturated carbocycles. The van der Waals surface area contributed by atoms with Crippen molar-refractivity contribution < 1.29 is 19.0 Å². The molecule has 1 N–H and O–H groups in total. The normalized spacial score (nSPS) is 18.1. The monoisotopic (exact) mass is 489 g/mol. The number of anilines is 1. The van der Waals surface area contributed by atoms with Crippen molar-refractivity contribution in [3.8, 4) is 22.1 Å². The van der Waals surface area contributed by atoms with E-state index in [0.717, 1.165) is 31.4 Å². The van der Waals surface area contributed by atoms with E-state index in [-0.39, 0.29) is 23.3 Å². The van der Waals surface area contributed by atoms with E-state index in [9.17, 15) is 4.79 Å². The van der Waals surface area contributed by atoms with Gasteiger partial charge in [0, 0.05) is 36.5 Å². The zero-order valence-electron chi connectivity index (χ0n) is 18.5. The maximum Gasteiger partial charge on any atom is 0.296 e. The summed E-state index contributed by atoms with van der Waals surface area (Å²) in [5.41, 5.74) is 2.34. The molecule has 0 bridgehead atoms. The number of nitrogens with zero attached hydrogens (tertiary/aromatic N) is 4. The quantitative estimate of drug-likeness (QED) is 0.481. The van der Waals surface area contributed by atoms with Crippen LogP contribution in [0.3, 0.4) is 0 Å². The highest BCUT2D eigenvalue weighted by atomic mass is 35.5. The molecule has 9 nitrogen and oxygen atoms in total. The molecule has 174 valence electrons. The van der Waals surface area contributed by atoms with E-state index in [4.69, 9.17) is 25.8 Å². The van der Waals surface area contributed by atoms with Gasteiger partial charge < -0.3 is 14.2 Å². The summed E-state index contributed by atoms with van der Waals surface area (Å²) in [6.45, 7) is 1.84. The molecule has 2 atom stereocenters. The number of halogens is 1. The third kappa shape index (κ3) is 5.58. The molecule has 0 aromatic carbocycles. The minimum absolute atomic E-state index is 0.0250. The van der Waals surface area contributed by atoms with Gasteiger partial charge in [0.2, 0.25) is 5.13 Å². The van der Waals surface area contributed by atoms with Crippen molar-refractivity contribution in [2.24, 2.45) is 0 Å². The zero-order valence-corrected chi connectivity index (χ0v) is 20.1. The minimum Gasteiger partial charge on any atom is -0.494 e. The Kier molecular flexibility index (Phi) is 7.36. The highest BCUT2D eigenvalue weighted by molar-refractivity contribution is 7.17. The van der Waals surface area contributed by atoms with E-state index in [1.807, 2.05) is 6.92 Å². The Bertz CT molecular complexity index is 1140. The largest absolute Gasteiger partial charge is 0.494 e. The van der Waals surface area contributed by atoms with Crippen LogP contribution in [-0.2, 0) is 4.74 Å². The van der Waals surface area contributed by atoms with Crippen LogP contribution in [0, 0.1) is 6.92 Å². The molecule has 1 amide bonds. The summed E-state index contributed by atoms with van der Waals surface area (Å²) in [7, 11) is 3.25. The summed E-state index contributed by atoms with van der Waals surface area (Å²) < 4.78 is 16.8. The molecule has 0 saturated heterocycles. The maximum atomic E-state index is 13.1. The number of aromatic nitrogens is 4. The summed E-state index contributed by atoms with van der Waals surface area (Å²) in [5.74, 6) is 0.111. The summed E-state index contributed by atoms with van der Waals surface area (Å²) in [6, 6.07) is 3.45. The molecule has 0 spiro atoms. The average Bonchev–Trinajstić information content (AvgIpc) is 3.25. The first-order chi connectivity index (χ1) is 16.0. The van der Waals surface area contributed by atoms with E-state index in [2.05, 4.69) is 25.5 Å². The molecular weight excluding hydrogens is 466 g/mol. The Balaban J connectivity index is 1.53. The predicted molar refractivity (Wildman–Crippen MR) is 125 cm³/mol. The number of hydrogen-bond donors (Lipinski definition) is 1. The van der Waals surface area contributed by atoms with E-state index in [0.29, 0.717) is 32.8 Å². The summed E-state index contributed by atoms with van der Waals surface area (Å²) in [5, 5.41) is 12.0. The van der Waals surface area contributed by atoms with Gasteiger partial charge >= 0.3 is 0 Å². The van der Waals surface area contributed by atoms with E-state index < -0.39 is 0 Å². The van der Waals surface area contributed by atoms with Gasteiger partial charge in [-0.15, -0.1) is 5.10 Å². The van der Waals surface area contributed by atoms with Crippen LogP contribution in [0.1, 0.15) is 41.7 Å². The number of hydrogen-bond acceptors (Lipinski definition) is 9. The number of ether oxygens (including phenoxy) is 3. The average molecular weight is 490 g/mol. The van der Waals surface area contributed by atoms with Crippen LogP contribution in [0.5, 0.6) is 10.9 Å². The lowest BCUT2D eigenvalue weighted by Crippen LogP contribution is -2.29. The van der Waals surface area contributed by atoms with E-state index >= 15 is 0 Å². The van der Waals surface area contributed by atoms with Gasteiger partial charge in [-0.25, -0.2) is 4.98 Å². The van der Waals surface area contributed by atoms with Crippen molar-refractivity contribution in [2.45, 2.75) is 44.8 Å². The smallest absolute Gasteiger partial charge is 0.296 e. The summed E-state index contributed by atoms with van der Waals surface area (Å²) in [6.07, 6.45) is 7.08. The molecule has 0 unspecified atom stereocenters. The van der Waals surface area contributed by atoms with Crippen LogP contribution >= 0.6 is 22.9 Å². The zero-order chi connectivity index (χ0) is 23.4. The number of pyridine rings is 2. The minimum atomic E-state index is -0.382. The highest BCUT2D eigenvalue weighted by Gasteiger charge is 2.25. The lowest BCUT2D eigenvalue weighted by molar-refractivity contribution is 0.0207. The SMILES string of the molecule is COc1cnc(Cl)cc1-c1cc(C)ncc1C(=O)Nc1nnc(O[C@@H]2CCC[C@H](OC)C2)s1. The molecule has 1 fully saturated rings. The Morgan fingerprint density at radius 1 is 1.12 bits per heavy atom. The van der Waals surface area contributed by atoms with Gasteiger partial charge in [0.15, 0.2) is 0 Å². The van der Waals surface area contributed by atoms with Crippen molar-refractivity contribution in [1.29, 1.82) is 0 Å². The molecule has 4 rings (SSSR count). The fraction of sp³-hybridized carbons (Fsp3) is 0.409. The number of methoxy groups -OCH3 is 2. The van der Waals surface area contributed by atoms with Gasteiger partial charge in [-0.05, 0) is 49.7 Å². The van der Waals surface area contributed by atoms with Crippen molar-refractivity contribution >= 4 is 34.0 Å². The van der Waals surface area contributed by atoms with Crippen molar-refractivity contribution in [3.63, 3.8) is 0 Å². The van der Waals surface area contributed by atoms with Crippen LogP contribution in [-0.4, -0.2) is 52.5 Å². The van der Waals surface area contributed by atoms with Gasteiger partial charge in [0.1, 0.15) is 17.0 Å². The molecule has 0 aliphatic heterocycles.